The van der Waals surface area contributed by atoms with Crippen molar-refractivity contribution in [1.82, 2.24) is 5.32 Å². The molecule has 3 heteroatoms. The van der Waals surface area contributed by atoms with Crippen LogP contribution in [0.4, 0.5) is 5.69 Å². The molecule has 0 aromatic heterocycles. The molecule has 3 nitrogen and oxygen atoms in total. The molecule has 108 valence electrons. The van der Waals surface area contributed by atoms with E-state index in [9.17, 15) is 0 Å². The van der Waals surface area contributed by atoms with Crippen molar-refractivity contribution in [1.29, 1.82) is 0 Å². The quantitative estimate of drug-likeness (QED) is 0.656. The fraction of sp³-hybridized carbons (Fsp3) is 0.625. The number of unbranched alkanes of at least 4 members (excludes halogenated alkanes) is 2. The van der Waals surface area contributed by atoms with Gasteiger partial charge >= 0.3 is 0 Å². The number of nitrogens with one attached hydrogen (secondary N) is 1. The zero-order valence-electron chi connectivity index (χ0n) is 12.6. The Morgan fingerprint density at radius 3 is 2.74 bits per heavy atom. The molecule has 1 aromatic rings. The minimum absolute atomic E-state index is 0.924. The fourth-order valence-corrected chi connectivity index (χ4v) is 2.05. The molecule has 1 N–H and O–H groups in total. The second kappa shape index (κ2) is 9.68. The lowest BCUT2D eigenvalue weighted by atomic mass is 10.2. The zero-order chi connectivity index (χ0) is 13.9. The van der Waals surface area contributed by atoms with Crippen molar-refractivity contribution in [2.75, 3.05) is 38.7 Å². The van der Waals surface area contributed by atoms with Gasteiger partial charge in [-0.3, -0.25) is 0 Å². The SMILES string of the molecule is CCCNCCCCCN(C)c1cccc(OC)c1. The Labute approximate surface area is 118 Å². The summed E-state index contributed by atoms with van der Waals surface area (Å²) in [6.45, 7) is 5.59. The molecule has 0 saturated heterocycles. The molecule has 0 amide bonds. The molecule has 0 atom stereocenters. The van der Waals surface area contributed by atoms with Crippen LogP contribution in [0.1, 0.15) is 32.6 Å². The van der Waals surface area contributed by atoms with Crippen LogP contribution in [0.5, 0.6) is 5.75 Å². The van der Waals surface area contributed by atoms with E-state index in [4.69, 9.17) is 4.74 Å². The summed E-state index contributed by atoms with van der Waals surface area (Å²) >= 11 is 0. The van der Waals surface area contributed by atoms with Crippen LogP contribution in [0, 0.1) is 0 Å². The summed E-state index contributed by atoms with van der Waals surface area (Å²) in [6.07, 6.45) is 5.01. The monoisotopic (exact) mass is 264 g/mol. The number of ether oxygens (including phenoxy) is 1. The Hall–Kier alpha value is -1.22. The summed E-state index contributed by atoms with van der Waals surface area (Å²) in [6, 6.07) is 8.24. The topological polar surface area (TPSA) is 24.5 Å². The molecular weight excluding hydrogens is 236 g/mol. The van der Waals surface area contributed by atoms with Crippen molar-refractivity contribution in [3.63, 3.8) is 0 Å². The molecule has 0 unspecified atom stereocenters. The van der Waals surface area contributed by atoms with Crippen molar-refractivity contribution in [2.24, 2.45) is 0 Å². The molecule has 0 aliphatic carbocycles. The van der Waals surface area contributed by atoms with Crippen LogP contribution in [-0.4, -0.2) is 33.8 Å². The third-order valence-corrected chi connectivity index (χ3v) is 3.27. The molecule has 0 aliphatic rings. The number of hydrogen-bond acceptors (Lipinski definition) is 3. The maximum absolute atomic E-state index is 5.25. The first-order valence-corrected chi connectivity index (χ1v) is 7.34. The van der Waals surface area contributed by atoms with Gasteiger partial charge in [-0.25, -0.2) is 0 Å². The van der Waals surface area contributed by atoms with Crippen LogP contribution in [0.25, 0.3) is 0 Å². The predicted molar refractivity (Wildman–Crippen MR) is 83.3 cm³/mol. The van der Waals surface area contributed by atoms with Crippen molar-refractivity contribution in [3.05, 3.63) is 24.3 Å². The van der Waals surface area contributed by atoms with E-state index in [-0.39, 0.29) is 0 Å². The Morgan fingerprint density at radius 2 is 2.00 bits per heavy atom. The van der Waals surface area contributed by atoms with E-state index in [1.165, 1.54) is 31.4 Å². The van der Waals surface area contributed by atoms with Crippen LogP contribution in [0.15, 0.2) is 24.3 Å². The largest absolute Gasteiger partial charge is 0.497 e. The molecule has 1 rings (SSSR count). The average Bonchev–Trinajstić information content (AvgIpc) is 2.46. The highest BCUT2D eigenvalue weighted by Gasteiger charge is 2.01. The number of methoxy groups -OCH3 is 1. The minimum atomic E-state index is 0.924. The Morgan fingerprint density at radius 1 is 1.16 bits per heavy atom. The van der Waals surface area contributed by atoms with Crippen molar-refractivity contribution in [2.45, 2.75) is 32.6 Å². The molecule has 0 aliphatic heterocycles. The third kappa shape index (κ3) is 6.48. The molecule has 0 saturated carbocycles. The van der Waals surface area contributed by atoms with Crippen molar-refractivity contribution >= 4 is 5.69 Å². The van der Waals surface area contributed by atoms with E-state index >= 15 is 0 Å². The summed E-state index contributed by atoms with van der Waals surface area (Å²) in [4.78, 5) is 2.29. The lowest BCUT2D eigenvalue weighted by Crippen LogP contribution is -2.19. The van der Waals surface area contributed by atoms with E-state index in [0.717, 1.165) is 25.4 Å². The van der Waals surface area contributed by atoms with E-state index in [0.29, 0.717) is 0 Å². The van der Waals surface area contributed by atoms with Gasteiger partial charge in [0, 0.05) is 25.3 Å². The number of nitrogens with zero attached hydrogens (tertiary/aromatic N) is 1. The zero-order valence-corrected chi connectivity index (χ0v) is 12.6. The number of hydrogen-bond donors (Lipinski definition) is 1. The van der Waals surface area contributed by atoms with E-state index in [1.54, 1.807) is 7.11 Å². The highest BCUT2D eigenvalue weighted by molar-refractivity contribution is 5.49. The molecule has 0 heterocycles. The molecule has 0 bridgehead atoms. The number of rotatable bonds is 10. The summed E-state index contributed by atoms with van der Waals surface area (Å²) in [7, 11) is 3.85. The van der Waals surface area contributed by atoms with Gasteiger partial charge in [-0.2, -0.15) is 0 Å². The van der Waals surface area contributed by atoms with Crippen molar-refractivity contribution < 1.29 is 4.74 Å². The average molecular weight is 264 g/mol. The van der Waals surface area contributed by atoms with Gasteiger partial charge in [-0.05, 0) is 44.5 Å². The lowest BCUT2D eigenvalue weighted by Gasteiger charge is -2.19. The van der Waals surface area contributed by atoms with Gasteiger partial charge in [-0.1, -0.05) is 19.4 Å². The highest BCUT2D eigenvalue weighted by Crippen LogP contribution is 2.20. The van der Waals surface area contributed by atoms with E-state index in [2.05, 4.69) is 36.3 Å². The smallest absolute Gasteiger partial charge is 0.120 e. The standard InChI is InChI=1S/C16H28N2O/c1-4-11-17-12-6-5-7-13-18(2)15-9-8-10-16(14-15)19-3/h8-10,14,17H,4-7,11-13H2,1-3H3. The van der Waals surface area contributed by atoms with Crippen LogP contribution in [-0.2, 0) is 0 Å². The first-order valence-electron chi connectivity index (χ1n) is 7.34. The lowest BCUT2D eigenvalue weighted by molar-refractivity contribution is 0.415. The van der Waals surface area contributed by atoms with Gasteiger partial charge in [0.25, 0.3) is 0 Å². The summed E-state index contributed by atoms with van der Waals surface area (Å²) in [5, 5.41) is 3.44. The van der Waals surface area contributed by atoms with E-state index < -0.39 is 0 Å². The summed E-state index contributed by atoms with van der Waals surface area (Å²) in [5.74, 6) is 0.924. The Balaban J connectivity index is 2.18. The molecule has 0 fully saturated rings. The Bertz CT molecular complexity index is 341. The third-order valence-electron chi connectivity index (χ3n) is 3.27. The van der Waals surface area contributed by atoms with E-state index in [1.807, 2.05) is 12.1 Å². The normalized spacial score (nSPS) is 10.5. The molecule has 19 heavy (non-hydrogen) atoms. The van der Waals surface area contributed by atoms with Crippen LogP contribution < -0.4 is 15.0 Å². The van der Waals surface area contributed by atoms with Crippen molar-refractivity contribution in [3.8, 4) is 5.75 Å². The predicted octanol–water partition coefficient (Wildman–Crippen LogP) is 3.30. The van der Waals surface area contributed by atoms with Gasteiger partial charge in [0.15, 0.2) is 0 Å². The van der Waals surface area contributed by atoms with Gasteiger partial charge < -0.3 is 15.0 Å². The first-order chi connectivity index (χ1) is 9.27. The minimum Gasteiger partial charge on any atom is -0.497 e. The molecule has 0 radical (unpaired) electrons. The second-order valence-electron chi connectivity index (χ2n) is 4.93. The maximum Gasteiger partial charge on any atom is 0.120 e. The van der Waals surface area contributed by atoms with Crippen LogP contribution in [0.2, 0.25) is 0 Å². The number of anilines is 1. The number of benzene rings is 1. The van der Waals surface area contributed by atoms with Gasteiger partial charge in [0.05, 0.1) is 7.11 Å². The Kier molecular flexibility index (Phi) is 8.07. The molecule has 0 spiro atoms. The molecule has 1 aromatic carbocycles. The first kappa shape index (κ1) is 15.8. The van der Waals surface area contributed by atoms with Gasteiger partial charge in [-0.15, -0.1) is 0 Å². The van der Waals surface area contributed by atoms with Crippen LogP contribution >= 0.6 is 0 Å². The van der Waals surface area contributed by atoms with Gasteiger partial charge in [0.1, 0.15) is 5.75 Å². The van der Waals surface area contributed by atoms with Gasteiger partial charge in [0.2, 0.25) is 0 Å². The summed E-state index contributed by atoms with van der Waals surface area (Å²) < 4.78 is 5.25. The highest BCUT2D eigenvalue weighted by atomic mass is 16.5. The van der Waals surface area contributed by atoms with Crippen LogP contribution in [0.3, 0.4) is 0 Å². The second-order valence-corrected chi connectivity index (χ2v) is 4.93. The fourth-order valence-electron chi connectivity index (χ4n) is 2.05. The molecular formula is C16H28N2O. The summed E-state index contributed by atoms with van der Waals surface area (Å²) in [5.41, 5.74) is 1.23. The maximum atomic E-state index is 5.25.